The van der Waals surface area contributed by atoms with Crippen LogP contribution in [-0.2, 0) is 7.05 Å². The van der Waals surface area contributed by atoms with Gasteiger partial charge in [0.15, 0.2) is 6.20 Å². The molecular weight excluding hydrogens is 362 g/mol. The maximum absolute atomic E-state index is 8.08. The van der Waals surface area contributed by atoms with Gasteiger partial charge in [-0.2, -0.15) is 0 Å². The zero-order valence-corrected chi connectivity index (χ0v) is 18.7. The molecule has 2 aromatic carbocycles. The van der Waals surface area contributed by atoms with E-state index in [-0.39, 0.29) is 0 Å². The number of pyridine rings is 1. The largest absolute Gasteiger partial charge is 0.220 e. The topological polar surface area (TPSA) is 3.88 Å². The summed E-state index contributed by atoms with van der Waals surface area (Å²) in [5.41, 5.74) is 7.39. The van der Waals surface area contributed by atoms with Gasteiger partial charge in [-0.15, -0.1) is 0 Å². The predicted octanol–water partition coefficient (Wildman–Crippen LogP) is 7.74. The average molecular weight is 400 g/mol. The molecule has 2 fully saturated rings. The molecule has 0 bridgehead atoms. The lowest BCUT2D eigenvalue weighted by Gasteiger charge is -2.28. The first-order valence-electron chi connectivity index (χ1n) is 12.7. The molecule has 0 amide bonds. The van der Waals surface area contributed by atoms with E-state index in [4.69, 9.17) is 1.37 Å². The van der Waals surface area contributed by atoms with Gasteiger partial charge in [0.25, 0.3) is 0 Å². The van der Waals surface area contributed by atoms with Crippen LogP contribution in [-0.4, -0.2) is 0 Å². The molecule has 0 aliphatic heterocycles. The van der Waals surface area contributed by atoms with Crippen molar-refractivity contribution in [3.8, 4) is 11.3 Å². The van der Waals surface area contributed by atoms with Crippen LogP contribution >= 0.6 is 0 Å². The van der Waals surface area contributed by atoms with Crippen molar-refractivity contribution in [1.82, 2.24) is 0 Å². The van der Waals surface area contributed by atoms with Crippen molar-refractivity contribution in [1.29, 1.82) is 0 Å². The van der Waals surface area contributed by atoms with Gasteiger partial charge in [-0.05, 0) is 78.7 Å². The summed E-state index contributed by atoms with van der Waals surface area (Å²) in [5.74, 6) is 1.44. The van der Waals surface area contributed by atoms with Crippen LogP contribution < -0.4 is 4.57 Å². The minimum absolute atomic E-state index is 0.586. The molecule has 3 aromatic rings. The average Bonchev–Trinajstić information content (AvgIpc) is 2.81. The fourth-order valence-electron chi connectivity index (χ4n) is 6.10. The van der Waals surface area contributed by atoms with Gasteiger partial charge in [0.1, 0.15) is 7.05 Å². The van der Waals surface area contributed by atoms with Crippen LogP contribution in [0, 0.1) is 6.92 Å². The molecule has 0 radical (unpaired) electrons. The van der Waals surface area contributed by atoms with Gasteiger partial charge in [0.05, 0.1) is 12.3 Å². The molecule has 2 saturated carbocycles. The highest BCUT2D eigenvalue weighted by atomic mass is 14.9. The summed E-state index contributed by atoms with van der Waals surface area (Å²) < 4.78 is 10.4. The van der Waals surface area contributed by atoms with Crippen LogP contribution in [0.5, 0.6) is 0 Å². The number of aryl methyl sites for hydroxylation is 1. The van der Waals surface area contributed by atoms with E-state index < -0.39 is 0 Å². The lowest BCUT2D eigenvalue weighted by molar-refractivity contribution is -0.659. The van der Waals surface area contributed by atoms with E-state index in [2.05, 4.69) is 49.0 Å². The minimum atomic E-state index is 0.586. The number of nitrogens with zero attached hydrogens (tertiary/aromatic N) is 1. The van der Waals surface area contributed by atoms with Crippen LogP contribution in [0.25, 0.3) is 22.0 Å². The van der Waals surface area contributed by atoms with Gasteiger partial charge >= 0.3 is 0 Å². The molecule has 0 saturated heterocycles. The highest BCUT2D eigenvalue weighted by Crippen LogP contribution is 2.42. The molecule has 30 heavy (non-hydrogen) atoms. The first kappa shape index (κ1) is 18.6. The maximum Gasteiger partial charge on any atom is 0.220 e. The Labute approximate surface area is 183 Å². The smallest absolute Gasteiger partial charge is 0.200 e. The first-order valence-corrected chi connectivity index (χ1v) is 12.2. The van der Waals surface area contributed by atoms with Crippen molar-refractivity contribution in [3.63, 3.8) is 0 Å². The predicted molar refractivity (Wildman–Crippen MR) is 127 cm³/mol. The van der Waals surface area contributed by atoms with Crippen LogP contribution in [0.1, 0.15) is 94.1 Å². The van der Waals surface area contributed by atoms with Gasteiger partial charge in [-0.1, -0.05) is 62.8 Å². The maximum atomic E-state index is 8.08. The van der Waals surface area contributed by atoms with Crippen LogP contribution in [0.4, 0.5) is 0 Å². The second kappa shape index (κ2) is 8.53. The summed E-state index contributed by atoms with van der Waals surface area (Å²) in [6, 6.07) is 14.0. The van der Waals surface area contributed by atoms with E-state index in [1.54, 1.807) is 11.1 Å². The summed E-state index contributed by atoms with van der Waals surface area (Å²) in [6.45, 7) is 2.36. The van der Waals surface area contributed by atoms with Crippen molar-refractivity contribution >= 4 is 10.8 Å². The first-order chi connectivity index (χ1) is 15.1. The van der Waals surface area contributed by atoms with Crippen LogP contribution in [0.2, 0.25) is 0 Å². The Morgan fingerprint density at radius 1 is 0.867 bits per heavy atom. The van der Waals surface area contributed by atoms with Crippen molar-refractivity contribution in [2.45, 2.75) is 83.0 Å². The zero-order chi connectivity index (χ0) is 21.4. The third kappa shape index (κ3) is 3.68. The molecule has 2 aliphatic rings. The van der Waals surface area contributed by atoms with Crippen molar-refractivity contribution in [2.75, 3.05) is 0 Å². The fraction of sp³-hybridized carbons (Fsp3) is 0.483. The highest BCUT2D eigenvalue weighted by molar-refractivity contribution is 5.93. The summed E-state index contributed by atoms with van der Waals surface area (Å²) in [4.78, 5) is 0. The Morgan fingerprint density at radius 3 is 2.30 bits per heavy atom. The number of rotatable bonds is 3. The minimum Gasteiger partial charge on any atom is -0.200 e. The number of aromatic nitrogens is 1. The van der Waals surface area contributed by atoms with Crippen LogP contribution in [0.3, 0.4) is 0 Å². The molecule has 0 atom stereocenters. The van der Waals surface area contributed by atoms with E-state index in [0.717, 1.165) is 11.8 Å². The Bertz CT molecular complexity index is 1090. The SMILES string of the molecule is [2H]c1ccc2c(-c3cc(C4CCCCC4)cc(C4CCCCC4)c3C)[n+](C)ccc2c1. The number of benzene rings is 2. The molecule has 1 aromatic heterocycles. The fourth-order valence-corrected chi connectivity index (χ4v) is 6.10. The second-order valence-electron chi connectivity index (χ2n) is 9.74. The van der Waals surface area contributed by atoms with Gasteiger partial charge < -0.3 is 0 Å². The molecule has 156 valence electrons. The van der Waals surface area contributed by atoms with Crippen molar-refractivity contribution in [3.05, 3.63) is 65.3 Å². The number of fused-ring (bicyclic) bond motifs is 1. The molecular formula is C29H36N+. The van der Waals surface area contributed by atoms with E-state index in [9.17, 15) is 0 Å². The van der Waals surface area contributed by atoms with Crippen molar-refractivity contribution < 1.29 is 5.94 Å². The molecule has 1 heteroatoms. The Hall–Kier alpha value is -2.15. The van der Waals surface area contributed by atoms with Gasteiger partial charge in [-0.25, -0.2) is 4.57 Å². The zero-order valence-electron chi connectivity index (χ0n) is 19.7. The normalized spacial score (nSPS) is 19.2. The van der Waals surface area contributed by atoms with Crippen molar-refractivity contribution in [2.24, 2.45) is 7.05 Å². The molecule has 0 unspecified atom stereocenters. The summed E-state index contributed by atoms with van der Waals surface area (Å²) in [5, 5.41) is 2.43. The summed E-state index contributed by atoms with van der Waals surface area (Å²) in [7, 11) is 2.18. The second-order valence-corrected chi connectivity index (χ2v) is 9.74. The molecule has 0 spiro atoms. The lowest BCUT2D eigenvalue weighted by Crippen LogP contribution is -2.31. The van der Waals surface area contributed by atoms with E-state index in [0.29, 0.717) is 6.04 Å². The van der Waals surface area contributed by atoms with E-state index in [1.165, 1.54) is 91.8 Å². The van der Waals surface area contributed by atoms with E-state index >= 15 is 0 Å². The molecule has 5 rings (SSSR count). The van der Waals surface area contributed by atoms with Gasteiger partial charge in [0.2, 0.25) is 5.69 Å². The Balaban J connectivity index is 1.72. The van der Waals surface area contributed by atoms with E-state index in [1.807, 2.05) is 12.1 Å². The molecule has 2 aliphatic carbocycles. The monoisotopic (exact) mass is 399 g/mol. The number of hydrogen-bond donors (Lipinski definition) is 0. The highest BCUT2D eigenvalue weighted by Gasteiger charge is 2.26. The molecule has 1 nitrogen and oxygen atoms in total. The Morgan fingerprint density at radius 2 is 1.57 bits per heavy atom. The quantitative estimate of drug-likeness (QED) is 0.397. The van der Waals surface area contributed by atoms with Gasteiger partial charge in [0, 0.05) is 6.07 Å². The Kier molecular flexibility index (Phi) is 5.29. The third-order valence-electron chi connectivity index (χ3n) is 7.83. The van der Waals surface area contributed by atoms with Gasteiger partial charge in [-0.3, -0.25) is 0 Å². The standard InChI is InChI=1S/C29H36N/c1-21-27(23-13-7-4-8-14-23)19-25(22-11-5-3-6-12-22)20-28(21)29-26-16-10-9-15-24(26)17-18-30(29)2/h9-10,15-20,22-23H,3-8,11-14H2,1-2H3/q+1/i9D. The summed E-state index contributed by atoms with van der Waals surface area (Å²) >= 11 is 0. The van der Waals surface area contributed by atoms with Crippen LogP contribution in [0.15, 0.2) is 48.6 Å². The lowest BCUT2D eigenvalue weighted by atomic mass is 9.76. The third-order valence-corrected chi connectivity index (χ3v) is 7.83. The molecule has 1 heterocycles. The molecule has 0 N–H and O–H groups in total. The summed E-state index contributed by atoms with van der Waals surface area (Å²) in [6.07, 6.45) is 15.9. The number of hydrogen-bond acceptors (Lipinski definition) is 0.